The van der Waals surface area contributed by atoms with Gasteiger partial charge in [-0.2, -0.15) is 5.10 Å². The van der Waals surface area contributed by atoms with E-state index in [9.17, 15) is 13.2 Å². The second-order valence-corrected chi connectivity index (χ2v) is 6.42. The molecule has 1 atom stereocenters. The molecule has 1 aliphatic rings. The molecule has 112 valence electrons. The molecule has 0 aromatic carbocycles. The molecule has 0 bridgehead atoms. The summed E-state index contributed by atoms with van der Waals surface area (Å²) in [4.78, 5) is 11.7. The van der Waals surface area contributed by atoms with Gasteiger partial charge in [-0.15, -0.1) is 0 Å². The Morgan fingerprint density at radius 1 is 1.55 bits per heavy atom. The van der Waals surface area contributed by atoms with Crippen molar-refractivity contribution in [1.82, 2.24) is 15.1 Å². The molecule has 9 heteroatoms. The molecule has 1 N–H and O–H groups in total. The van der Waals surface area contributed by atoms with Crippen molar-refractivity contribution in [1.29, 1.82) is 0 Å². The molecule has 1 aromatic heterocycles. The normalized spacial score (nSPS) is 18.3. The summed E-state index contributed by atoms with van der Waals surface area (Å²) in [6.07, 6.45) is 0.688. The summed E-state index contributed by atoms with van der Waals surface area (Å²) >= 11 is 0. The molecule has 2 rings (SSSR count). The number of nitrogens with one attached hydrogen (secondary N) is 1. The van der Waals surface area contributed by atoms with Crippen molar-refractivity contribution in [2.45, 2.75) is 43.9 Å². The molecule has 0 radical (unpaired) electrons. The van der Waals surface area contributed by atoms with Gasteiger partial charge in [0.1, 0.15) is 17.1 Å². The number of amides is 1. The monoisotopic (exact) mass is 303 g/mol. The number of fused-ring (bicyclic) bond motifs is 1. The third-order valence-corrected chi connectivity index (χ3v) is 3.21. The van der Waals surface area contributed by atoms with Crippen LogP contribution in [0.4, 0.5) is 4.79 Å². The second-order valence-electron chi connectivity index (χ2n) is 5.43. The van der Waals surface area contributed by atoms with Gasteiger partial charge in [0.15, 0.2) is 10.7 Å². The van der Waals surface area contributed by atoms with E-state index in [1.54, 1.807) is 20.8 Å². The fourth-order valence-electron chi connectivity index (χ4n) is 1.77. The first-order valence-electron chi connectivity index (χ1n) is 6.09. The van der Waals surface area contributed by atoms with E-state index in [1.807, 2.05) is 0 Å². The van der Waals surface area contributed by atoms with Crippen molar-refractivity contribution in [3.63, 3.8) is 0 Å². The van der Waals surface area contributed by atoms with Gasteiger partial charge in [0, 0.05) is 0 Å². The van der Waals surface area contributed by atoms with Crippen molar-refractivity contribution in [3.8, 4) is 5.88 Å². The molecule has 0 saturated carbocycles. The van der Waals surface area contributed by atoms with Gasteiger partial charge < -0.3 is 14.8 Å². The van der Waals surface area contributed by atoms with E-state index in [0.717, 1.165) is 0 Å². The predicted molar refractivity (Wildman–Crippen MR) is 69.5 cm³/mol. The van der Waals surface area contributed by atoms with Crippen molar-refractivity contribution < 1.29 is 22.7 Å². The summed E-state index contributed by atoms with van der Waals surface area (Å²) in [7, 11) is -2.74. The van der Waals surface area contributed by atoms with Crippen molar-refractivity contribution in [2.75, 3.05) is 6.61 Å². The first-order valence-corrected chi connectivity index (χ1v) is 7.26. The largest absolute Gasteiger partial charge is 0.475 e. The Labute approximate surface area is 118 Å². The van der Waals surface area contributed by atoms with Crippen molar-refractivity contribution in [3.05, 3.63) is 6.20 Å². The van der Waals surface area contributed by atoms with Gasteiger partial charge in [-0.25, -0.2) is 17.9 Å². The minimum atomic E-state index is -2.74. The van der Waals surface area contributed by atoms with Gasteiger partial charge in [0.05, 0.1) is 18.8 Å². The zero-order valence-electron chi connectivity index (χ0n) is 11.5. The summed E-state index contributed by atoms with van der Waals surface area (Å²) in [5.74, 6) is 0.211. The Morgan fingerprint density at radius 2 is 2.25 bits per heavy atom. The molecular formula is C11H17N3O5S. The van der Waals surface area contributed by atoms with E-state index in [4.69, 9.17) is 9.47 Å². The van der Waals surface area contributed by atoms with Crippen molar-refractivity contribution in [2.24, 2.45) is 0 Å². The maximum Gasteiger partial charge on any atom is 0.408 e. The topological polar surface area (TPSA) is 99.5 Å². The molecule has 0 unspecified atom stereocenters. The summed E-state index contributed by atoms with van der Waals surface area (Å²) < 4.78 is 33.8. The first-order chi connectivity index (χ1) is 9.26. The second kappa shape index (κ2) is 5.31. The van der Waals surface area contributed by atoms with Crippen LogP contribution in [0.15, 0.2) is 11.1 Å². The lowest BCUT2D eigenvalue weighted by Crippen LogP contribution is -2.46. The number of hydrogen-bond acceptors (Lipinski definition) is 6. The first kappa shape index (κ1) is 14.6. The Morgan fingerprint density at radius 3 is 2.85 bits per heavy atom. The molecule has 0 aliphatic carbocycles. The number of carbonyl (C=O) groups is 1. The number of carbonyl (C=O) groups excluding carboxylic acids is 1. The molecular weight excluding hydrogens is 286 g/mol. The minimum absolute atomic E-state index is 0.0516. The van der Waals surface area contributed by atoms with Gasteiger partial charge in [-0.1, -0.05) is 0 Å². The van der Waals surface area contributed by atoms with Crippen LogP contribution in [0.25, 0.3) is 0 Å². The van der Waals surface area contributed by atoms with Crippen LogP contribution < -0.4 is 10.1 Å². The number of nitrogens with zero attached hydrogens (tertiary/aromatic N) is 2. The molecule has 0 fully saturated rings. The van der Waals surface area contributed by atoms with Crippen LogP contribution in [-0.4, -0.2) is 42.5 Å². The summed E-state index contributed by atoms with van der Waals surface area (Å²) in [5, 5.41) is 6.58. The van der Waals surface area contributed by atoms with E-state index >= 15 is 0 Å². The standard InChI is InChI=1S/C11H17N3O5S/c1-11(2,3)19-10(15)13-7-5-14-9(18-6-7)8(4-12-14)20(16)17/h4,7,20H,5-6H2,1-3H3,(H,13,15)/t7-/m1/s1. The maximum atomic E-state index is 11.6. The zero-order valence-corrected chi connectivity index (χ0v) is 12.3. The van der Waals surface area contributed by atoms with Gasteiger partial charge in [0.2, 0.25) is 5.88 Å². The molecule has 8 nitrogen and oxygen atoms in total. The van der Waals surface area contributed by atoms with Crippen LogP contribution in [-0.2, 0) is 22.0 Å². The van der Waals surface area contributed by atoms with E-state index in [-0.39, 0.29) is 23.4 Å². The Bertz CT molecular complexity index is 579. The quantitative estimate of drug-likeness (QED) is 0.754. The summed E-state index contributed by atoms with van der Waals surface area (Å²) in [5.41, 5.74) is -0.579. The van der Waals surface area contributed by atoms with Crippen LogP contribution in [0.3, 0.4) is 0 Å². The average molecular weight is 303 g/mol. The maximum absolute atomic E-state index is 11.6. The molecule has 1 aromatic rings. The van der Waals surface area contributed by atoms with Crippen LogP contribution in [0.1, 0.15) is 20.8 Å². The third kappa shape index (κ3) is 3.41. The fourth-order valence-corrected chi connectivity index (χ4v) is 2.25. The van der Waals surface area contributed by atoms with Gasteiger partial charge in [-0.3, -0.25) is 0 Å². The lowest BCUT2D eigenvalue weighted by molar-refractivity contribution is 0.0459. The fraction of sp³-hybridized carbons (Fsp3) is 0.636. The van der Waals surface area contributed by atoms with E-state index in [1.165, 1.54) is 10.9 Å². The Kier molecular flexibility index (Phi) is 3.89. The number of hydrogen-bond donors (Lipinski definition) is 2. The number of rotatable bonds is 2. The van der Waals surface area contributed by atoms with Crippen LogP contribution in [0.2, 0.25) is 0 Å². The van der Waals surface area contributed by atoms with Gasteiger partial charge >= 0.3 is 6.09 Å². The van der Waals surface area contributed by atoms with Crippen LogP contribution in [0.5, 0.6) is 5.88 Å². The SMILES string of the molecule is CC(C)(C)OC(=O)N[C@H]1COc2c([SH](=O)=O)cnn2C1. The van der Waals surface area contributed by atoms with Crippen LogP contribution in [0, 0.1) is 0 Å². The molecule has 0 saturated heterocycles. The number of aromatic nitrogens is 2. The molecule has 1 aliphatic heterocycles. The van der Waals surface area contributed by atoms with Crippen molar-refractivity contribution >= 4 is 16.8 Å². The van der Waals surface area contributed by atoms with E-state index in [2.05, 4.69) is 10.4 Å². The summed E-state index contributed by atoms with van der Waals surface area (Å²) in [6, 6.07) is -0.324. The lowest BCUT2D eigenvalue weighted by Gasteiger charge is -2.27. The number of alkyl carbamates (subject to hydrolysis) is 1. The van der Waals surface area contributed by atoms with Crippen LogP contribution >= 0.6 is 0 Å². The lowest BCUT2D eigenvalue weighted by atomic mass is 10.2. The van der Waals surface area contributed by atoms with Gasteiger partial charge in [-0.05, 0) is 20.8 Å². The Balaban J connectivity index is 2.00. The highest BCUT2D eigenvalue weighted by molar-refractivity contribution is 7.72. The highest BCUT2D eigenvalue weighted by Crippen LogP contribution is 2.23. The zero-order chi connectivity index (χ0) is 14.9. The van der Waals surface area contributed by atoms with E-state index < -0.39 is 22.4 Å². The molecule has 2 heterocycles. The smallest absolute Gasteiger partial charge is 0.408 e. The number of ether oxygens (including phenoxy) is 2. The molecule has 1 amide bonds. The number of thiol groups is 1. The highest BCUT2D eigenvalue weighted by atomic mass is 32.2. The molecule has 0 spiro atoms. The summed E-state index contributed by atoms with van der Waals surface area (Å²) in [6.45, 7) is 5.81. The minimum Gasteiger partial charge on any atom is -0.475 e. The highest BCUT2D eigenvalue weighted by Gasteiger charge is 2.27. The predicted octanol–water partition coefficient (Wildman–Crippen LogP) is 0.139. The Hall–Kier alpha value is -1.77. The van der Waals surface area contributed by atoms with Gasteiger partial charge in [0.25, 0.3) is 0 Å². The van der Waals surface area contributed by atoms with E-state index in [0.29, 0.717) is 6.54 Å². The average Bonchev–Trinajstić information content (AvgIpc) is 2.68. The molecule has 20 heavy (non-hydrogen) atoms. The third-order valence-electron chi connectivity index (χ3n) is 2.51.